The Hall–Kier alpha value is -1.51. The van der Waals surface area contributed by atoms with E-state index >= 15 is 0 Å². The topological polar surface area (TPSA) is 41.8 Å². The van der Waals surface area contributed by atoms with Gasteiger partial charge in [-0.3, -0.25) is 4.99 Å². The lowest BCUT2D eigenvalue weighted by Crippen LogP contribution is -2.49. The Balaban J connectivity index is 1.58. The minimum absolute atomic E-state index is 0.168. The Labute approximate surface area is 126 Å². The molecule has 0 saturated heterocycles. The Morgan fingerprint density at radius 3 is 2.29 bits per heavy atom. The van der Waals surface area contributed by atoms with Crippen LogP contribution in [-0.4, -0.2) is 24.0 Å². The van der Waals surface area contributed by atoms with Crippen molar-refractivity contribution < 1.29 is 9.84 Å². The standard InChI is InChI=1S/C18H23NO2/c1-21-16-3-2-15(17(20)7-16)11-19-18-8-12-4-13(9-18)6-14(5-12)10-18/h2-3,7,11-14,20H,4-6,8-10H2,1H3. The van der Waals surface area contributed by atoms with E-state index in [1.807, 2.05) is 18.3 Å². The Kier molecular flexibility index (Phi) is 2.98. The molecule has 0 amide bonds. The van der Waals surface area contributed by atoms with Crippen molar-refractivity contribution in [1.82, 2.24) is 0 Å². The summed E-state index contributed by atoms with van der Waals surface area (Å²) in [6, 6.07) is 5.42. The Morgan fingerprint density at radius 1 is 1.14 bits per heavy atom. The van der Waals surface area contributed by atoms with Crippen molar-refractivity contribution >= 4 is 6.21 Å². The van der Waals surface area contributed by atoms with Crippen LogP contribution >= 0.6 is 0 Å². The predicted octanol–water partition coefficient (Wildman–Crippen LogP) is 3.79. The second kappa shape index (κ2) is 4.75. The van der Waals surface area contributed by atoms with Crippen molar-refractivity contribution in [3.8, 4) is 11.5 Å². The molecule has 112 valence electrons. The number of ether oxygens (including phenoxy) is 1. The van der Waals surface area contributed by atoms with E-state index in [9.17, 15) is 5.11 Å². The summed E-state index contributed by atoms with van der Waals surface area (Å²) in [6.07, 6.45) is 9.96. The molecule has 4 saturated carbocycles. The first kappa shape index (κ1) is 13.2. The fourth-order valence-electron chi connectivity index (χ4n) is 5.19. The predicted molar refractivity (Wildman–Crippen MR) is 83.2 cm³/mol. The summed E-state index contributed by atoms with van der Waals surface area (Å²) in [6.45, 7) is 0. The maximum Gasteiger partial charge on any atom is 0.128 e. The maximum absolute atomic E-state index is 10.1. The molecule has 4 aliphatic rings. The van der Waals surface area contributed by atoms with Gasteiger partial charge < -0.3 is 9.84 Å². The van der Waals surface area contributed by atoms with Crippen LogP contribution in [0.1, 0.15) is 44.1 Å². The third-order valence-electron chi connectivity index (χ3n) is 5.72. The number of phenols is 1. The van der Waals surface area contributed by atoms with E-state index in [1.54, 1.807) is 13.2 Å². The summed E-state index contributed by atoms with van der Waals surface area (Å²) in [5.41, 5.74) is 0.966. The van der Waals surface area contributed by atoms with Crippen molar-refractivity contribution in [2.75, 3.05) is 7.11 Å². The zero-order valence-electron chi connectivity index (χ0n) is 12.6. The number of aromatic hydroxyl groups is 1. The van der Waals surface area contributed by atoms with Crippen LogP contribution in [0.15, 0.2) is 23.2 Å². The number of methoxy groups -OCH3 is 1. The second-order valence-electron chi connectivity index (χ2n) is 7.32. The van der Waals surface area contributed by atoms with Crippen LogP contribution in [0.25, 0.3) is 0 Å². The summed E-state index contributed by atoms with van der Waals surface area (Å²) in [7, 11) is 1.61. The van der Waals surface area contributed by atoms with Crippen LogP contribution in [0.3, 0.4) is 0 Å². The number of phenolic OH excluding ortho intramolecular Hbond substituents is 1. The molecule has 4 fully saturated rings. The van der Waals surface area contributed by atoms with Gasteiger partial charge in [-0.1, -0.05) is 0 Å². The highest BCUT2D eigenvalue weighted by atomic mass is 16.5. The average Bonchev–Trinajstić information content (AvgIpc) is 2.44. The van der Waals surface area contributed by atoms with Crippen molar-refractivity contribution in [3.05, 3.63) is 23.8 Å². The number of rotatable bonds is 3. The quantitative estimate of drug-likeness (QED) is 0.859. The number of nitrogens with zero attached hydrogens (tertiary/aromatic N) is 1. The summed E-state index contributed by atoms with van der Waals surface area (Å²) >= 11 is 0. The molecular formula is C18H23NO2. The highest BCUT2D eigenvalue weighted by molar-refractivity contribution is 5.84. The Morgan fingerprint density at radius 2 is 1.76 bits per heavy atom. The van der Waals surface area contributed by atoms with E-state index < -0.39 is 0 Å². The molecule has 4 bridgehead atoms. The van der Waals surface area contributed by atoms with Crippen molar-refractivity contribution in [2.45, 2.75) is 44.1 Å². The molecule has 0 aliphatic heterocycles. The highest BCUT2D eigenvalue weighted by Crippen LogP contribution is 2.57. The van der Waals surface area contributed by atoms with E-state index in [0.717, 1.165) is 23.3 Å². The smallest absolute Gasteiger partial charge is 0.128 e. The van der Waals surface area contributed by atoms with Crippen molar-refractivity contribution in [2.24, 2.45) is 22.7 Å². The summed E-state index contributed by atoms with van der Waals surface area (Å²) in [5, 5.41) is 10.1. The van der Waals surface area contributed by atoms with Gasteiger partial charge in [0.15, 0.2) is 0 Å². The minimum atomic E-state index is 0.168. The number of aliphatic imine (C=N–C) groups is 1. The second-order valence-corrected chi connectivity index (χ2v) is 7.32. The van der Waals surface area contributed by atoms with Crippen LogP contribution in [0.4, 0.5) is 0 Å². The molecule has 0 aromatic heterocycles. The molecule has 0 spiro atoms. The fraction of sp³-hybridized carbons (Fsp3) is 0.611. The van der Waals surface area contributed by atoms with E-state index in [2.05, 4.69) is 0 Å². The zero-order chi connectivity index (χ0) is 14.4. The summed E-state index contributed by atoms with van der Waals surface area (Å²) < 4.78 is 5.12. The Bertz CT molecular complexity index is 543. The van der Waals surface area contributed by atoms with Crippen LogP contribution in [0.5, 0.6) is 11.5 Å². The van der Waals surface area contributed by atoms with Gasteiger partial charge in [-0.05, 0) is 68.4 Å². The van der Waals surface area contributed by atoms with Gasteiger partial charge in [-0.15, -0.1) is 0 Å². The van der Waals surface area contributed by atoms with E-state index in [1.165, 1.54) is 38.5 Å². The lowest BCUT2D eigenvalue weighted by atomic mass is 9.53. The molecule has 0 radical (unpaired) electrons. The van der Waals surface area contributed by atoms with Crippen LogP contribution in [0.2, 0.25) is 0 Å². The SMILES string of the molecule is COc1ccc(C=NC23CC4CC(CC(C4)C2)C3)c(O)c1. The van der Waals surface area contributed by atoms with Gasteiger partial charge in [-0.25, -0.2) is 0 Å². The molecule has 1 aromatic carbocycles. The van der Waals surface area contributed by atoms with Gasteiger partial charge >= 0.3 is 0 Å². The monoisotopic (exact) mass is 285 g/mol. The van der Waals surface area contributed by atoms with Crippen molar-refractivity contribution in [1.29, 1.82) is 0 Å². The lowest BCUT2D eigenvalue weighted by molar-refractivity contribution is 0.00195. The first-order valence-corrected chi connectivity index (χ1v) is 8.08. The molecule has 0 atom stereocenters. The number of benzene rings is 1. The minimum Gasteiger partial charge on any atom is -0.507 e. The zero-order valence-corrected chi connectivity index (χ0v) is 12.6. The van der Waals surface area contributed by atoms with E-state index in [4.69, 9.17) is 9.73 Å². The van der Waals surface area contributed by atoms with Gasteiger partial charge in [0.1, 0.15) is 11.5 Å². The molecule has 3 heteroatoms. The number of hydrogen-bond donors (Lipinski definition) is 1. The molecule has 3 nitrogen and oxygen atoms in total. The van der Waals surface area contributed by atoms with E-state index in [-0.39, 0.29) is 11.3 Å². The first-order chi connectivity index (χ1) is 10.2. The van der Waals surface area contributed by atoms with Gasteiger partial charge in [0.25, 0.3) is 0 Å². The average molecular weight is 285 g/mol. The third-order valence-corrected chi connectivity index (χ3v) is 5.72. The summed E-state index contributed by atoms with van der Waals surface area (Å²) in [4.78, 5) is 4.98. The van der Waals surface area contributed by atoms with Crippen LogP contribution < -0.4 is 4.74 Å². The molecule has 21 heavy (non-hydrogen) atoms. The normalized spacial score (nSPS) is 37.3. The number of hydrogen-bond acceptors (Lipinski definition) is 3. The third kappa shape index (κ3) is 2.33. The molecule has 1 aromatic rings. The first-order valence-electron chi connectivity index (χ1n) is 8.08. The highest BCUT2D eigenvalue weighted by Gasteiger charge is 2.50. The van der Waals surface area contributed by atoms with E-state index in [0.29, 0.717) is 5.75 Å². The van der Waals surface area contributed by atoms with Gasteiger partial charge in [0.2, 0.25) is 0 Å². The van der Waals surface area contributed by atoms with Crippen molar-refractivity contribution in [3.63, 3.8) is 0 Å². The van der Waals surface area contributed by atoms with Gasteiger partial charge in [0, 0.05) is 17.8 Å². The largest absolute Gasteiger partial charge is 0.507 e. The maximum atomic E-state index is 10.1. The molecule has 4 aliphatic carbocycles. The molecule has 5 rings (SSSR count). The summed E-state index contributed by atoms with van der Waals surface area (Å²) in [5.74, 6) is 3.64. The van der Waals surface area contributed by atoms with Crippen LogP contribution in [0, 0.1) is 17.8 Å². The van der Waals surface area contributed by atoms with Crippen LogP contribution in [-0.2, 0) is 0 Å². The molecule has 0 heterocycles. The molecule has 1 N–H and O–H groups in total. The van der Waals surface area contributed by atoms with Gasteiger partial charge in [-0.2, -0.15) is 0 Å². The molecular weight excluding hydrogens is 262 g/mol. The molecule has 0 unspecified atom stereocenters. The van der Waals surface area contributed by atoms with Gasteiger partial charge in [0.05, 0.1) is 12.6 Å². The lowest BCUT2D eigenvalue weighted by Gasteiger charge is -2.54. The fourth-order valence-corrected chi connectivity index (χ4v) is 5.19.